The van der Waals surface area contributed by atoms with Gasteiger partial charge in [-0.1, -0.05) is 6.92 Å². The molecule has 0 aromatic heterocycles. The molecule has 6 heteroatoms. The van der Waals surface area contributed by atoms with Gasteiger partial charge in [0.15, 0.2) is 0 Å². The fourth-order valence-corrected chi connectivity index (χ4v) is 2.46. The van der Waals surface area contributed by atoms with Crippen LogP contribution in [0.3, 0.4) is 0 Å². The first-order chi connectivity index (χ1) is 7.62. The predicted octanol–water partition coefficient (Wildman–Crippen LogP) is 0.0647. The minimum Gasteiger partial charge on any atom is -0.383 e. The zero-order valence-electron chi connectivity index (χ0n) is 10.5. The van der Waals surface area contributed by atoms with Crippen LogP contribution in [0.1, 0.15) is 13.3 Å². The molecule has 2 unspecified atom stereocenters. The number of rotatable bonds is 8. The van der Waals surface area contributed by atoms with Crippen LogP contribution in [0.4, 0.5) is 0 Å². The number of nitrogens with zero attached hydrogens (tertiary/aromatic N) is 1. The molecule has 0 rings (SSSR count). The maximum Gasteiger partial charge on any atom is 0.253 e. The van der Waals surface area contributed by atoms with Gasteiger partial charge >= 0.3 is 0 Å². The maximum absolute atomic E-state index is 11.6. The number of nitrogens with one attached hydrogen (secondary N) is 1. The van der Waals surface area contributed by atoms with Crippen molar-refractivity contribution in [3.8, 4) is 0 Å². The minimum atomic E-state index is -0.327. The van der Waals surface area contributed by atoms with Gasteiger partial charge in [0.05, 0.1) is 6.61 Å². The number of nitrogens with two attached hydrogens (primary N) is 1. The van der Waals surface area contributed by atoms with E-state index in [1.54, 1.807) is 18.9 Å². The molecule has 5 nitrogen and oxygen atoms in total. The normalized spacial score (nSPS) is 14.9. The number of ether oxygens (including phenoxy) is 1. The zero-order chi connectivity index (χ0) is 12.6. The highest BCUT2D eigenvalue weighted by atomic mass is 32.2. The van der Waals surface area contributed by atoms with Crippen LogP contribution in [0.2, 0.25) is 0 Å². The molecule has 0 heterocycles. The van der Waals surface area contributed by atoms with E-state index >= 15 is 0 Å². The molecule has 0 aromatic carbocycles. The topological polar surface area (TPSA) is 67.6 Å². The Kier molecular flexibility index (Phi) is 8.64. The Morgan fingerprint density at radius 1 is 1.62 bits per heavy atom. The van der Waals surface area contributed by atoms with Crippen molar-refractivity contribution in [3.05, 3.63) is 0 Å². The summed E-state index contributed by atoms with van der Waals surface area (Å²) < 4.78 is 5.06. The number of hydrogen-bond acceptors (Lipinski definition) is 5. The van der Waals surface area contributed by atoms with Crippen molar-refractivity contribution < 1.29 is 9.53 Å². The first-order valence-corrected chi connectivity index (χ1v) is 6.71. The van der Waals surface area contributed by atoms with Gasteiger partial charge in [-0.3, -0.25) is 15.1 Å². The summed E-state index contributed by atoms with van der Waals surface area (Å²) in [4.78, 5) is 13.6. The summed E-state index contributed by atoms with van der Waals surface area (Å²) in [6, 6.07) is 0.0274. The largest absolute Gasteiger partial charge is 0.383 e. The molecule has 0 bridgehead atoms. The number of hydrazine groups is 1. The number of carbonyl (C=O) groups excluding carboxylic acids is 1. The molecule has 3 N–H and O–H groups in total. The van der Waals surface area contributed by atoms with E-state index in [-0.39, 0.29) is 11.9 Å². The van der Waals surface area contributed by atoms with E-state index in [4.69, 9.17) is 10.6 Å². The van der Waals surface area contributed by atoms with E-state index in [1.807, 2.05) is 11.9 Å². The Balaban J connectivity index is 4.55. The van der Waals surface area contributed by atoms with Crippen LogP contribution in [0.25, 0.3) is 0 Å². The number of amides is 1. The summed E-state index contributed by atoms with van der Waals surface area (Å²) in [6.45, 7) is 2.46. The quantitative estimate of drug-likeness (QED) is 0.362. The molecule has 0 aromatic rings. The number of thioether (sulfide) groups is 1. The number of methoxy groups -OCH3 is 1. The molecule has 0 aliphatic rings. The molecule has 0 aliphatic carbocycles. The standard InChI is InChI=1S/C10H23N3O2S/c1-5-8(7-16-4)13(2)9(6-15-3)10(14)12-11/h8-9H,5-7,11H2,1-4H3,(H,12,14). The molecular formula is C10H23N3O2S. The van der Waals surface area contributed by atoms with Crippen molar-refractivity contribution in [3.63, 3.8) is 0 Å². The number of carbonyl (C=O) groups is 1. The molecule has 0 saturated heterocycles. The highest BCUT2D eigenvalue weighted by molar-refractivity contribution is 7.98. The lowest BCUT2D eigenvalue weighted by Crippen LogP contribution is -2.53. The maximum atomic E-state index is 11.6. The molecule has 0 spiro atoms. The van der Waals surface area contributed by atoms with E-state index < -0.39 is 0 Å². The Morgan fingerprint density at radius 3 is 2.62 bits per heavy atom. The average molecular weight is 249 g/mol. The van der Waals surface area contributed by atoms with E-state index in [0.717, 1.165) is 12.2 Å². The zero-order valence-corrected chi connectivity index (χ0v) is 11.3. The van der Waals surface area contributed by atoms with Gasteiger partial charge in [-0.15, -0.1) is 0 Å². The van der Waals surface area contributed by atoms with Crippen LogP contribution in [-0.2, 0) is 9.53 Å². The van der Waals surface area contributed by atoms with E-state index in [1.165, 1.54) is 0 Å². The number of likely N-dealkylation sites (N-methyl/N-ethyl adjacent to an activating group) is 1. The monoisotopic (exact) mass is 249 g/mol. The third-order valence-electron chi connectivity index (χ3n) is 2.67. The van der Waals surface area contributed by atoms with E-state index in [0.29, 0.717) is 12.6 Å². The Bertz CT molecular complexity index is 205. The Hall–Kier alpha value is -0.300. The van der Waals surface area contributed by atoms with E-state index in [9.17, 15) is 4.79 Å². The first kappa shape index (κ1) is 15.7. The van der Waals surface area contributed by atoms with Crippen molar-refractivity contribution in [1.82, 2.24) is 10.3 Å². The van der Waals surface area contributed by atoms with Gasteiger partial charge in [-0.25, -0.2) is 5.84 Å². The summed E-state index contributed by atoms with van der Waals surface area (Å²) in [5, 5.41) is 0. The van der Waals surface area contributed by atoms with Crippen LogP contribution in [0.5, 0.6) is 0 Å². The number of hydrogen-bond donors (Lipinski definition) is 2. The summed E-state index contributed by atoms with van der Waals surface area (Å²) in [5.74, 6) is 5.96. The van der Waals surface area contributed by atoms with Gasteiger partial charge in [0, 0.05) is 18.9 Å². The summed E-state index contributed by atoms with van der Waals surface area (Å²) in [6.07, 6.45) is 3.06. The fraction of sp³-hybridized carbons (Fsp3) is 0.900. The lowest BCUT2D eigenvalue weighted by molar-refractivity contribution is -0.128. The first-order valence-electron chi connectivity index (χ1n) is 5.32. The van der Waals surface area contributed by atoms with Crippen LogP contribution in [-0.4, -0.2) is 55.7 Å². The molecule has 1 amide bonds. The Morgan fingerprint density at radius 2 is 2.25 bits per heavy atom. The molecule has 16 heavy (non-hydrogen) atoms. The second-order valence-corrected chi connectivity index (χ2v) is 4.57. The van der Waals surface area contributed by atoms with Crippen molar-refractivity contribution in [2.45, 2.75) is 25.4 Å². The van der Waals surface area contributed by atoms with Gasteiger partial charge in [-0.05, 0) is 19.7 Å². The second kappa shape index (κ2) is 8.81. The minimum absolute atomic E-state index is 0.205. The lowest BCUT2D eigenvalue weighted by Gasteiger charge is -2.32. The lowest BCUT2D eigenvalue weighted by atomic mass is 10.1. The molecular weight excluding hydrogens is 226 g/mol. The summed E-state index contributed by atoms with van der Waals surface area (Å²) in [5.41, 5.74) is 2.18. The van der Waals surface area contributed by atoms with Gasteiger partial charge in [0.2, 0.25) is 0 Å². The van der Waals surface area contributed by atoms with Crippen molar-refractivity contribution in [1.29, 1.82) is 0 Å². The SMILES string of the molecule is CCC(CSC)N(C)C(COC)C(=O)NN. The van der Waals surface area contributed by atoms with E-state index in [2.05, 4.69) is 18.6 Å². The molecule has 96 valence electrons. The van der Waals surface area contributed by atoms with Crippen molar-refractivity contribution in [2.75, 3.05) is 32.8 Å². The van der Waals surface area contributed by atoms with Crippen LogP contribution in [0, 0.1) is 0 Å². The van der Waals surface area contributed by atoms with Gasteiger partial charge in [0.1, 0.15) is 6.04 Å². The summed E-state index contributed by atoms with van der Waals surface area (Å²) in [7, 11) is 3.52. The smallest absolute Gasteiger partial charge is 0.253 e. The third kappa shape index (κ3) is 4.69. The molecule has 0 fully saturated rings. The van der Waals surface area contributed by atoms with Crippen molar-refractivity contribution in [2.24, 2.45) is 5.84 Å². The highest BCUT2D eigenvalue weighted by Gasteiger charge is 2.27. The molecule has 2 atom stereocenters. The Labute approximate surface area is 102 Å². The highest BCUT2D eigenvalue weighted by Crippen LogP contribution is 2.12. The van der Waals surface area contributed by atoms with Gasteiger partial charge in [0.25, 0.3) is 5.91 Å². The molecule has 0 saturated carbocycles. The van der Waals surface area contributed by atoms with Gasteiger partial charge in [-0.2, -0.15) is 11.8 Å². The average Bonchev–Trinajstić information content (AvgIpc) is 2.31. The van der Waals surface area contributed by atoms with Crippen LogP contribution >= 0.6 is 11.8 Å². The third-order valence-corrected chi connectivity index (χ3v) is 3.39. The van der Waals surface area contributed by atoms with Crippen LogP contribution in [0.15, 0.2) is 0 Å². The fourth-order valence-electron chi connectivity index (χ4n) is 1.60. The summed E-state index contributed by atoms with van der Waals surface area (Å²) >= 11 is 1.77. The predicted molar refractivity (Wildman–Crippen MR) is 68.2 cm³/mol. The molecule has 0 radical (unpaired) electrons. The second-order valence-electron chi connectivity index (χ2n) is 3.66. The van der Waals surface area contributed by atoms with Gasteiger partial charge < -0.3 is 4.74 Å². The van der Waals surface area contributed by atoms with Crippen LogP contribution < -0.4 is 11.3 Å². The molecule has 0 aliphatic heterocycles. The van der Waals surface area contributed by atoms with Crippen molar-refractivity contribution >= 4 is 17.7 Å².